The average Bonchev–Trinajstić information content (AvgIpc) is 2.61. The Kier molecular flexibility index (Phi) is 9.81. The predicted octanol–water partition coefficient (Wildman–Crippen LogP) is 4.96. The molecule has 0 bridgehead atoms. The summed E-state index contributed by atoms with van der Waals surface area (Å²) in [4.78, 5) is 40.7. The highest BCUT2D eigenvalue weighted by atomic mass is 35.5. The van der Waals surface area contributed by atoms with Crippen molar-refractivity contribution in [3.8, 4) is 0 Å². The molecule has 0 saturated carbocycles. The zero-order chi connectivity index (χ0) is 19.5. The van der Waals surface area contributed by atoms with Gasteiger partial charge in [0.05, 0.1) is 22.9 Å². The van der Waals surface area contributed by atoms with Crippen LogP contribution >= 0.6 is 11.6 Å². The van der Waals surface area contributed by atoms with E-state index in [1.165, 1.54) is 6.21 Å². The van der Waals surface area contributed by atoms with Crippen LogP contribution in [-0.2, 0) is 14.3 Å². The van der Waals surface area contributed by atoms with Crippen LogP contribution in [0.3, 0.4) is 0 Å². The summed E-state index contributed by atoms with van der Waals surface area (Å²) in [6.45, 7) is 5.98. The number of carbonyl (C=O) groups excluding carboxylic acids is 3. The normalized spacial score (nSPS) is 11.1. The van der Waals surface area contributed by atoms with Crippen LogP contribution in [-0.4, -0.2) is 30.4 Å². The number of carbonyl (C=O) groups is 3. The molecule has 0 unspecified atom stereocenters. The fourth-order valence-corrected chi connectivity index (χ4v) is 2.61. The highest BCUT2D eigenvalue weighted by Crippen LogP contribution is 2.29. The molecule has 0 atom stereocenters. The Bertz CT molecular complexity index is 652. The lowest BCUT2D eigenvalue weighted by Gasteiger charge is -2.10. The smallest absolute Gasteiger partial charge is 0.339 e. The molecule has 0 saturated heterocycles. The van der Waals surface area contributed by atoms with Gasteiger partial charge in [-0.15, -0.1) is 0 Å². The van der Waals surface area contributed by atoms with Gasteiger partial charge in [0, 0.05) is 19.1 Å². The lowest BCUT2D eigenvalue weighted by atomic mass is 9.94. The summed E-state index contributed by atoms with van der Waals surface area (Å²) in [5.41, 5.74) is 0.544. The Labute approximate surface area is 159 Å². The van der Waals surface area contributed by atoms with Crippen molar-refractivity contribution < 1.29 is 19.1 Å². The maximum atomic E-state index is 12.2. The van der Waals surface area contributed by atoms with Crippen LogP contribution in [0.1, 0.15) is 63.2 Å². The second kappa shape index (κ2) is 11.6. The first-order valence-electron chi connectivity index (χ1n) is 9.01. The summed E-state index contributed by atoms with van der Waals surface area (Å²) in [5.74, 6) is -1.69. The van der Waals surface area contributed by atoms with Gasteiger partial charge in [0.25, 0.3) is 0 Å². The van der Waals surface area contributed by atoms with E-state index in [2.05, 4.69) is 4.99 Å². The van der Waals surface area contributed by atoms with Gasteiger partial charge in [0.2, 0.25) is 0 Å². The number of ketones is 2. The van der Waals surface area contributed by atoms with Gasteiger partial charge in [0.1, 0.15) is 17.5 Å². The van der Waals surface area contributed by atoms with Crippen LogP contribution in [0.4, 0.5) is 5.69 Å². The molecule has 1 rings (SSSR count). The highest BCUT2D eigenvalue weighted by Gasteiger charge is 2.23. The Hall–Kier alpha value is -2.01. The summed E-state index contributed by atoms with van der Waals surface area (Å²) < 4.78 is 5.10. The first kappa shape index (κ1) is 22.0. The number of ether oxygens (including phenoxy) is 1. The van der Waals surface area contributed by atoms with Crippen molar-refractivity contribution in [2.75, 3.05) is 6.61 Å². The Morgan fingerprint density at radius 1 is 1.08 bits per heavy atom. The molecule has 0 N–H and O–H groups in total. The van der Waals surface area contributed by atoms with E-state index in [1.54, 1.807) is 18.2 Å². The largest absolute Gasteiger partial charge is 0.462 e. The van der Waals surface area contributed by atoms with E-state index < -0.39 is 11.9 Å². The van der Waals surface area contributed by atoms with Gasteiger partial charge in [0.15, 0.2) is 0 Å². The van der Waals surface area contributed by atoms with Crippen molar-refractivity contribution in [2.45, 2.75) is 52.9 Å². The maximum Gasteiger partial charge on any atom is 0.339 e. The predicted molar refractivity (Wildman–Crippen MR) is 103 cm³/mol. The van der Waals surface area contributed by atoms with Gasteiger partial charge < -0.3 is 4.74 Å². The van der Waals surface area contributed by atoms with E-state index in [9.17, 15) is 14.4 Å². The number of benzene rings is 1. The van der Waals surface area contributed by atoms with Gasteiger partial charge in [-0.05, 0) is 31.4 Å². The third-order valence-electron chi connectivity index (χ3n) is 3.68. The fourth-order valence-electron chi connectivity index (χ4n) is 2.35. The van der Waals surface area contributed by atoms with E-state index in [1.807, 2.05) is 20.8 Å². The summed E-state index contributed by atoms with van der Waals surface area (Å²) >= 11 is 6.26. The summed E-state index contributed by atoms with van der Waals surface area (Å²) in [7, 11) is 0. The second-order valence-corrected chi connectivity index (χ2v) is 6.34. The molecule has 0 radical (unpaired) electrons. The molecule has 0 aliphatic heterocycles. The molecule has 0 aliphatic carbocycles. The number of Topliss-reactive ketones (excluding diaryl/α,β-unsaturated/α-hetero) is 2. The van der Waals surface area contributed by atoms with E-state index in [0.717, 1.165) is 0 Å². The molecule has 0 aromatic heterocycles. The number of rotatable bonds is 11. The minimum absolute atomic E-state index is 0.148. The number of aliphatic imine (C=N–C) groups is 1. The Morgan fingerprint density at radius 2 is 1.69 bits per heavy atom. The third-order valence-corrected chi connectivity index (χ3v) is 4.08. The molecule has 0 spiro atoms. The molecule has 142 valence electrons. The quantitative estimate of drug-likeness (QED) is 0.309. The minimum atomic E-state index is -0.873. The fraction of sp³-hybridized carbons (Fsp3) is 0.500. The molecular formula is C20H26ClNO4. The standard InChI is InChI=1S/C20H26ClNO4/c1-4-8-17(23)15(18(24)9-5-2)13-22-16-11-7-10-14(19(16)21)20(25)26-12-6-3/h7,10-11,13,15H,4-6,8-9,12H2,1-3H3. The van der Waals surface area contributed by atoms with Crippen molar-refractivity contribution in [3.63, 3.8) is 0 Å². The zero-order valence-electron chi connectivity index (χ0n) is 15.6. The average molecular weight is 380 g/mol. The molecule has 5 nitrogen and oxygen atoms in total. The van der Waals surface area contributed by atoms with Crippen LogP contribution in [0.15, 0.2) is 23.2 Å². The van der Waals surface area contributed by atoms with Gasteiger partial charge in [-0.1, -0.05) is 38.4 Å². The van der Waals surface area contributed by atoms with Crippen LogP contribution in [0.25, 0.3) is 0 Å². The SMILES string of the molecule is CCCOC(=O)c1cccc(N=CC(C(=O)CCC)C(=O)CCC)c1Cl. The molecule has 26 heavy (non-hydrogen) atoms. The summed E-state index contributed by atoms with van der Waals surface area (Å²) in [6, 6.07) is 4.82. The minimum Gasteiger partial charge on any atom is -0.462 e. The molecule has 6 heteroatoms. The maximum absolute atomic E-state index is 12.2. The number of hydrogen-bond acceptors (Lipinski definition) is 5. The number of esters is 1. The van der Waals surface area contributed by atoms with E-state index in [0.29, 0.717) is 44.4 Å². The van der Waals surface area contributed by atoms with E-state index in [4.69, 9.17) is 16.3 Å². The lowest BCUT2D eigenvalue weighted by molar-refractivity contribution is -0.129. The topological polar surface area (TPSA) is 72.8 Å². The number of halogens is 1. The van der Waals surface area contributed by atoms with Gasteiger partial charge in [-0.3, -0.25) is 14.6 Å². The molecule has 1 aromatic carbocycles. The van der Waals surface area contributed by atoms with E-state index in [-0.39, 0.29) is 22.2 Å². The summed E-state index contributed by atoms with van der Waals surface area (Å²) in [5, 5.41) is 0.148. The van der Waals surface area contributed by atoms with Crippen molar-refractivity contribution >= 4 is 41.0 Å². The highest BCUT2D eigenvalue weighted by molar-refractivity contribution is 6.36. The third kappa shape index (κ3) is 6.37. The van der Waals surface area contributed by atoms with Crippen LogP contribution in [0.5, 0.6) is 0 Å². The van der Waals surface area contributed by atoms with Crippen LogP contribution < -0.4 is 0 Å². The molecule has 0 amide bonds. The molecular weight excluding hydrogens is 354 g/mol. The Morgan fingerprint density at radius 3 is 2.23 bits per heavy atom. The van der Waals surface area contributed by atoms with Crippen LogP contribution in [0, 0.1) is 5.92 Å². The zero-order valence-corrected chi connectivity index (χ0v) is 16.3. The van der Waals surface area contributed by atoms with Crippen LogP contribution in [0.2, 0.25) is 5.02 Å². The van der Waals surface area contributed by atoms with Gasteiger partial charge >= 0.3 is 5.97 Å². The van der Waals surface area contributed by atoms with Crippen molar-refractivity contribution in [2.24, 2.45) is 10.9 Å². The monoisotopic (exact) mass is 379 g/mol. The van der Waals surface area contributed by atoms with Crippen molar-refractivity contribution in [1.29, 1.82) is 0 Å². The van der Waals surface area contributed by atoms with E-state index >= 15 is 0 Å². The lowest BCUT2D eigenvalue weighted by Crippen LogP contribution is -2.25. The van der Waals surface area contributed by atoms with Gasteiger partial charge in [-0.2, -0.15) is 0 Å². The number of nitrogens with zero attached hydrogens (tertiary/aromatic N) is 1. The second-order valence-electron chi connectivity index (χ2n) is 5.96. The molecule has 1 aromatic rings. The van der Waals surface area contributed by atoms with Crippen molar-refractivity contribution in [3.05, 3.63) is 28.8 Å². The molecule has 0 heterocycles. The first-order valence-corrected chi connectivity index (χ1v) is 9.39. The Balaban J connectivity index is 3.07. The summed E-state index contributed by atoms with van der Waals surface area (Å²) in [6.07, 6.45) is 4.04. The van der Waals surface area contributed by atoms with Crippen molar-refractivity contribution in [1.82, 2.24) is 0 Å². The number of hydrogen-bond donors (Lipinski definition) is 0. The first-order chi connectivity index (χ1) is 12.5. The molecule has 0 fully saturated rings. The molecule has 0 aliphatic rings. The van der Waals surface area contributed by atoms with Gasteiger partial charge in [-0.25, -0.2) is 4.79 Å².